The van der Waals surface area contributed by atoms with Gasteiger partial charge < -0.3 is 20.0 Å². The van der Waals surface area contributed by atoms with E-state index in [1.165, 1.54) is 5.69 Å². The first-order valence-corrected chi connectivity index (χ1v) is 12.7. The van der Waals surface area contributed by atoms with Crippen molar-refractivity contribution in [3.63, 3.8) is 0 Å². The third kappa shape index (κ3) is 4.52. The number of fused-ring (bicyclic) bond motifs is 1. The van der Waals surface area contributed by atoms with Crippen LogP contribution < -0.4 is 10.2 Å². The van der Waals surface area contributed by atoms with E-state index in [1.54, 1.807) is 0 Å². The van der Waals surface area contributed by atoms with Gasteiger partial charge in [0.05, 0.1) is 17.4 Å². The smallest absolute Gasteiger partial charge is 0.253 e. The van der Waals surface area contributed by atoms with E-state index in [0.717, 1.165) is 80.1 Å². The van der Waals surface area contributed by atoms with Crippen molar-refractivity contribution in [3.05, 3.63) is 72.4 Å². The van der Waals surface area contributed by atoms with E-state index in [4.69, 9.17) is 5.10 Å². The molecule has 8 heteroatoms. The summed E-state index contributed by atoms with van der Waals surface area (Å²) in [5.41, 5.74) is 5.69. The van der Waals surface area contributed by atoms with E-state index in [2.05, 4.69) is 51.4 Å². The summed E-state index contributed by atoms with van der Waals surface area (Å²) < 4.78 is 1.88. The molecule has 0 radical (unpaired) electrons. The maximum Gasteiger partial charge on any atom is 0.253 e. The Morgan fingerprint density at radius 1 is 0.889 bits per heavy atom. The Kier molecular flexibility index (Phi) is 6.03. The van der Waals surface area contributed by atoms with Gasteiger partial charge in [-0.2, -0.15) is 0 Å². The fraction of sp³-hybridized carbons (Fsp3) is 0.321. The van der Waals surface area contributed by atoms with Gasteiger partial charge in [0, 0.05) is 61.8 Å². The van der Waals surface area contributed by atoms with Gasteiger partial charge in [0.15, 0.2) is 0 Å². The largest absolute Gasteiger partial charge is 0.369 e. The van der Waals surface area contributed by atoms with Crippen molar-refractivity contribution in [2.24, 2.45) is 0 Å². The molecular weight excluding hydrogens is 450 g/mol. The number of benzene rings is 2. The highest BCUT2D eigenvalue weighted by atomic mass is 16.2. The van der Waals surface area contributed by atoms with Crippen LogP contribution in [0, 0.1) is 0 Å². The third-order valence-corrected chi connectivity index (χ3v) is 7.19. The molecular formula is C28H31N7O. The second kappa shape index (κ2) is 9.62. The number of hydrogen-bond acceptors (Lipinski definition) is 6. The lowest BCUT2D eigenvalue weighted by molar-refractivity contribution is 0.0793. The molecule has 2 saturated heterocycles. The van der Waals surface area contributed by atoms with Gasteiger partial charge in [0.2, 0.25) is 5.95 Å². The number of nitrogens with zero attached hydrogens (tertiary/aromatic N) is 6. The van der Waals surface area contributed by atoms with Crippen LogP contribution in [-0.4, -0.2) is 76.6 Å². The summed E-state index contributed by atoms with van der Waals surface area (Å²) in [4.78, 5) is 24.1. The number of rotatable bonds is 5. The summed E-state index contributed by atoms with van der Waals surface area (Å²) in [5.74, 6) is 0.629. The number of hydrogen-bond donors (Lipinski definition) is 1. The van der Waals surface area contributed by atoms with Crippen molar-refractivity contribution in [2.75, 3.05) is 56.5 Å². The average Bonchev–Trinajstić information content (AvgIpc) is 3.60. The van der Waals surface area contributed by atoms with Gasteiger partial charge in [-0.15, -0.1) is 5.10 Å². The van der Waals surface area contributed by atoms with E-state index >= 15 is 0 Å². The minimum absolute atomic E-state index is 0.104. The molecule has 2 aliphatic rings. The lowest BCUT2D eigenvalue weighted by atomic mass is 10.1. The topological polar surface area (TPSA) is 69.0 Å². The Bertz CT molecular complexity index is 1370. The summed E-state index contributed by atoms with van der Waals surface area (Å²) >= 11 is 0. The Morgan fingerprint density at radius 3 is 2.44 bits per heavy atom. The lowest BCUT2D eigenvalue weighted by Crippen LogP contribution is -2.44. The summed E-state index contributed by atoms with van der Waals surface area (Å²) in [6.45, 7) is 5.95. The molecule has 8 nitrogen and oxygen atoms in total. The van der Waals surface area contributed by atoms with Gasteiger partial charge >= 0.3 is 0 Å². The minimum atomic E-state index is 0.104. The molecule has 36 heavy (non-hydrogen) atoms. The molecule has 6 rings (SSSR count). The number of likely N-dealkylation sites (N-methyl/N-ethyl adjacent to an activating group) is 1. The Labute approximate surface area is 211 Å². The zero-order valence-electron chi connectivity index (χ0n) is 20.6. The van der Waals surface area contributed by atoms with Gasteiger partial charge in [0.25, 0.3) is 5.91 Å². The van der Waals surface area contributed by atoms with Crippen molar-refractivity contribution >= 4 is 28.7 Å². The molecule has 1 amide bonds. The SMILES string of the molecule is CN1CCN(c2ccc(Nc3ncc4ccc(-c5cccc(C(=O)N6CCCC6)c5)n4n3)cc2)CC1. The van der Waals surface area contributed by atoms with Crippen LogP contribution in [0.4, 0.5) is 17.3 Å². The number of aromatic nitrogens is 3. The van der Waals surface area contributed by atoms with Crippen LogP contribution in [0.3, 0.4) is 0 Å². The van der Waals surface area contributed by atoms with E-state index < -0.39 is 0 Å². The average molecular weight is 482 g/mol. The van der Waals surface area contributed by atoms with Crippen LogP contribution >= 0.6 is 0 Å². The molecule has 0 unspecified atom stereocenters. The van der Waals surface area contributed by atoms with Crippen molar-refractivity contribution in [2.45, 2.75) is 12.8 Å². The number of carbonyl (C=O) groups is 1. The molecule has 0 bridgehead atoms. The molecule has 0 atom stereocenters. The number of carbonyl (C=O) groups excluding carboxylic acids is 1. The van der Waals surface area contributed by atoms with Crippen LogP contribution in [0.15, 0.2) is 66.9 Å². The second-order valence-corrected chi connectivity index (χ2v) is 9.68. The molecule has 184 valence electrons. The summed E-state index contributed by atoms with van der Waals surface area (Å²) in [7, 11) is 2.17. The maximum absolute atomic E-state index is 12.9. The predicted molar refractivity (Wildman–Crippen MR) is 143 cm³/mol. The van der Waals surface area contributed by atoms with Crippen molar-refractivity contribution in [3.8, 4) is 11.3 Å². The van der Waals surface area contributed by atoms with Gasteiger partial charge in [-0.1, -0.05) is 12.1 Å². The van der Waals surface area contributed by atoms with Crippen LogP contribution in [0.5, 0.6) is 0 Å². The number of anilines is 3. The summed E-state index contributed by atoms with van der Waals surface area (Å²) in [5, 5.41) is 8.10. The third-order valence-electron chi connectivity index (χ3n) is 7.19. The Hall–Kier alpha value is -3.91. The number of piperazine rings is 1. The molecule has 4 heterocycles. The van der Waals surface area contributed by atoms with Crippen LogP contribution in [-0.2, 0) is 0 Å². The van der Waals surface area contributed by atoms with E-state index in [-0.39, 0.29) is 5.91 Å². The van der Waals surface area contributed by atoms with Gasteiger partial charge in [0.1, 0.15) is 0 Å². The van der Waals surface area contributed by atoms with Gasteiger partial charge in [-0.05, 0) is 68.4 Å². The molecule has 2 aromatic carbocycles. The normalized spacial score (nSPS) is 16.6. The zero-order chi connectivity index (χ0) is 24.5. The monoisotopic (exact) mass is 481 g/mol. The molecule has 0 spiro atoms. The number of nitrogens with one attached hydrogen (secondary N) is 1. The van der Waals surface area contributed by atoms with E-state index in [1.807, 2.05) is 52.0 Å². The van der Waals surface area contributed by atoms with Crippen LogP contribution in [0.1, 0.15) is 23.2 Å². The molecule has 4 aromatic rings. The lowest BCUT2D eigenvalue weighted by Gasteiger charge is -2.34. The summed E-state index contributed by atoms with van der Waals surface area (Å²) in [6.07, 6.45) is 3.98. The zero-order valence-corrected chi connectivity index (χ0v) is 20.6. The molecule has 0 aliphatic carbocycles. The van der Waals surface area contributed by atoms with Crippen molar-refractivity contribution in [1.29, 1.82) is 0 Å². The van der Waals surface area contributed by atoms with Gasteiger partial charge in [-0.25, -0.2) is 9.50 Å². The van der Waals surface area contributed by atoms with Crippen LogP contribution in [0.2, 0.25) is 0 Å². The number of amides is 1. The highest BCUT2D eigenvalue weighted by Crippen LogP contribution is 2.25. The molecule has 2 aliphatic heterocycles. The fourth-order valence-corrected chi connectivity index (χ4v) is 5.04. The predicted octanol–water partition coefficient (Wildman–Crippen LogP) is 4.13. The maximum atomic E-state index is 12.9. The molecule has 0 saturated carbocycles. The van der Waals surface area contributed by atoms with Crippen molar-refractivity contribution < 1.29 is 4.79 Å². The summed E-state index contributed by atoms with van der Waals surface area (Å²) in [6, 6.07) is 20.3. The molecule has 2 fully saturated rings. The second-order valence-electron chi connectivity index (χ2n) is 9.68. The fourth-order valence-electron chi connectivity index (χ4n) is 5.04. The van der Waals surface area contributed by atoms with Gasteiger partial charge in [-0.3, -0.25) is 4.79 Å². The first-order valence-electron chi connectivity index (χ1n) is 12.7. The molecule has 2 aromatic heterocycles. The minimum Gasteiger partial charge on any atom is -0.369 e. The first-order chi connectivity index (χ1) is 17.6. The Morgan fingerprint density at radius 2 is 1.67 bits per heavy atom. The highest BCUT2D eigenvalue weighted by molar-refractivity contribution is 5.95. The first kappa shape index (κ1) is 22.5. The van der Waals surface area contributed by atoms with E-state index in [0.29, 0.717) is 5.95 Å². The quantitative estimate of drug-likeness (QED) is 0.462. The molecule has 1 N–H and O–H groups in total. The van der Waals surface area contributed by atoms with Crippen LogP contribution in [0.25, 0.3) is 16.8 Å². The van der Waals surface area contributed by atoms with Crippen molar-refractivity contribution in [1.82, 2.24) is 24.4 Å². The Balaban J connectivity index is 1.22. The number of likely N-dealkylation sites (tertiary alicyclic amines) is 1. The van der Waals surface area contributed by atoms with E-state index in [9.17, 15) is 4.79 Å². The highest BCUT2D eigenvalue weighted by Gasteiger charge is 2.20. The standard InChI is InChI=1S/C28H31N7O/c1-32-15-17-33(18-16-32)24-9-7-23(8-10-24)30-28-29-20-25-11-12-26(35(25)31-28)21-5-4-6-22(19-21)27(36)34-13-2-3-14-34/h4-12,19-20H,2-3,13-18H2,1H3,(H,30,31).